The van der Waals surface area contributed by atoms with Crippen LogP contribution in [0.2, 0.25) is 0 Å². The van der Waals surface area contributed by atoms with Crippen molar-refractivity contribution in [3.05, 3.63) is 160 Å². The number of aromatic hydroxyl groups is 1. The number of rotatable bonds is 11. The summed E-state index contributed by atoms with van der Waals surface area (Å²) in [6.07, 6.45) is 3.90. The number of carbonyl (C=O) groups excluding carboxylic acids is 10. The highest BCUT2D eigenvalue weighted by Crippen LogP contribution is 2.35. The third kappa shape index (κ3) is 19.2. The van der Waals surface area contributed by atoms with Crippen molar-refractivity contribution in [1.82, 2.24) is 57.1 Å². The molecule has 13 N–H and O–H groups in total. The number of nitrogens with two attached hydrogens (primary N) is 1. The number of allylic oxidation sites excluding steroid dienone is 1. The van der Waals surface area contributed by atoms with Gasteiger partial charge in [-0.1, -0.05) is 48.5 Å². The second kappa shape index (κ2) is 32.7. The van der Waals surface area contributed by atoms with Crippen LogP contribution >= 0.6 is 23.5 Å². The molecule has 4 heterocycles. The van der Waals surface area contributed by atoms with Gasteiger partial charge in [-0.3, -0.25) is 52.7 Å². The lowest BCUT2D eigenvalue weighted by atomic mass is 9.86. The molecule has 4 aromatic carbocycles. The maximum absolute atomic E-state index is 15.2. The Kier molecular flexibility index (Phi) is 24.1. The largest absolute Gasteiger partial charge is 0.508 e. The van der Waals surface area contributed by atoms with Crippen molar-refractivity contribution in [3.8, 4) is 5.75 Å². The number of imidazole rings is 1. The van der Waals surface area contributed by atoms with Gasteiger partial charge in [-0.05, 0) is 115 Å². The molecule has 2 bridgehead atoms. The van der Waals surface area contributed by atoms with E-state index in [9.17, 15) is 62.1 Å². The van der Waals surface area contributed by atoms with E-state index < -0.39 is 144 Å². The van der Waals surface area contributed by atoms with Gasteiger partial charge in [-0.15, -0.1) is 0 Å². The third-order valence-corrected chi connectivity index (χ3v) is 19.5. The Morgan fingerprint density at radius 2 is 1.38 bits per heavy atom. The maximum atomic E-state index is 15.2. The Hall–Kier alpha value is -9.90. The molecular weight excluding hydrogens is 1290 g/mol. The van der Waals surface area contributed by atoms with Crippen molar-refractivity contribution in [1.29, 1.82) is 0 Å². The molecule has 8 atom stereocenters. The molecule has 1 aliphatic carbocycles. The lowest BCUT2D eigenvalue weighted by Gasteiger charge is -2.37. The van der Waals surface area contributed by atoms with Crippen LogP contribution in [-0.2, 0) is 89.9 Å². The Morgan fingerprint density at radius 1 is 0.722 bits per heavy atom. The molecule has 97 heavy (non-hydrogen) atoms. The summed E-state index contributed by atoms with van der Waals surface area (Å²) in [6, 6.07) is 11.7. The predicted octanol–water partition coefficient (Wildman–Crippen LogP) is 3.46. The Bertz CT molecular complexity index is 3980. The summed E-state index contributed by atoms with van der Waals surface area (Å²) in [5, 5.41) is 38.9. The van der Waals surface area contributed by atoms with Crippen LogP contribution in [0.4, 0.5) is 8.78 Å². The van der Waals surface area contributed by atoms with Gasteiger partial charge >= 0.3 is 5.97 Å². The van der Waals surface area contributed by atoms with Crippen LogP contribution in [-0.4, -0.2) is 161 Å². The standard InChI is InChI=1S/C68H76F2N12O13S2/c1-37-62(90)74-32-59(86)77-52(24-43-30-73-51-16-13-46(70)27-50(43)51)63(91)78-53(23-42-10-9-41-11-12-45(69)26-49(41)42)64(92)80-55(29-60(87)88)66(94)79-54(28-47-31-72-36-75-47)65(93)81-56(22-38-7-14-48(83)15-8-38)67(95)82-19-4-18-68(82,2)57(84)25-44(61(71)89)35-97-34-40-6-3-5-39(21-40)33-96-20-17-58(85)76-37/h3,5-8,10-16,21,26-27,30-31,36-37,44,52-56,73,83H,4,9,17-20,22-25,28-29,32-35H2,1-2H3,(H2,71,89)(H,72,75)(H,74,90)(H,76,85)(H,77,86)(H,78,91)(H,79,94)(H,80,92)(H,81,93)(H,87,88)/t37-,44+,52+,53+,54+,55+,56+,68+/m1/s1. The number of hydrogen-bond acceptors (Lipinski definition) is 15. The number of Topliss-reactive ketones (excluding diaryl/α,β-unsaturated/α-hetero) is 1. The van der Waals surface area contributed by atoms with Crippen LogP contribution < -0.4 is 43.0 Å². The van der Waals surface area contributed by atoms with E-state index >= 15 is 9.59 Å². The van der Waals surface area contributed by atoms with Crippen LogP contribution in [0.15, 0.2) is 110 Å². The molecule has 512 valence electrons. The van der Waals surface area contributed by atoms with Gasteiger partial charge in [-0.25, -0.2) is 13.8 Å². The number of benzene rings is 4. The van der Waals surface area contributed by atoms with Crippen molar-refractivity contribution in [2.45, 2.75) is 131 Å². The monoisotopic (exact) mass is 1370 g/mol. The van der Waals surface area contributed by atoms with Gasteiger partial charge in [-0.2, -0.15) is 23.5 Å². The summed E-state index contributed by atoms with van der Waals surface area (Å²) in [5.74, 6) is -10.8. The minimum absolute atomic E-state index is 0.0300. The molecule has 0 unspecified atom stereocenters. The summed E-state index contributed by atoms with van der Waals surface area (Å²) in [4.78, 5) is 167. The molecule has 9 amide bonds. The van der Waals surface area contributed by atoms with Crippen molar-refractivity contribution in [2.24, 2.45) is 11.7 Å². The van der Waals surface area contributed by atoms with E-state index in [4.69, 9.17) is 5.73 Å². The summed E-state index contributed by atoms with van der Waals surface area (Å²) >= 11 is 2.86. The Labute approximate surface area is 564 Å². The number of H-pyrrole nitrogens is 2. The van der Waals surface area contributed by atoms with E-state index in [-0.39, 0.29) is 68.7 Å². The second-order valence-electron chi connectivity index (χ2n) is 24.5. The molecule has 1 saturated heterocycles. The normalized spacial score (nSPS) is 23.7. The highest BCUT2D eigenvalue weighted by atomic mass is 32.2. The molecule has 0 saturated carbocycles. The molecule has 0 radical (unpaired) electrons. The van der Waals surface area contributed by atoms with Crippen molar-refractivity contribution < 1.29 is 71.7 Å². The molecule has 9 rings (SSSR count). The number of carboxylic acids is 1. The van der Waals surface area contributed by atoms with Gasteiger partial charge in [0, 0.05) is 97.1 Å². The molecule has 1 fully saturated rings. The van der Waals surface area contributed by atoms with E-state index in [0.29, 0.717) is 62.4 Å². The van der Waals surface area contributed by atoms with Gasteiger partial charge < -0.3 is 68.0 Å². The number of thioether (sulfide) groups is 2. The van der Waals surface area contributed by atoms with Gasteiger partial charge in [0.2, 0.25) is 53.2 Å². The number of fused-ring (bicyclic) bond motifs is 5. The Balaban J connectivity index is 1.04. The lowest BCUT2D eigenvalue weighted by Crippen LogP contribution is -2.61. The number of hydrogen-bond donors (Lipinski definition) is 12. The third-order valence-electron chi connectivity index (χ3n) is 17.3. The number of nitrogens with zero attached hydrogens (tertiary/aromatic N) is 2. The first-order valence-corrected chi connectivity index (χ1v) is 33.9. The first-order valence-electron chi connectivity index (χ1n) is 31.5. The fourth-order valence-corrected chi connectivity index (χ4v) is 14.0. The first-order chi connectivity index (χ1) is 46.4. The van der Waals surface area contributed by atoms with Crippen molar-refractivity contribution in [3.63, 3.8) is 0 Å². The van der Waals surface area contributed by atoms with E-state index in [0.717, 1.165) is 11.1 Å². The van der Waals surface area contributed by atoms with E-state index in [2.05, 4.69) is 52.2 Å². The van der Waals surface area contributed by atoms with E-state index in [1.54, 1.807) is 13.0 Å². The number of phenols is 1. The number of phenolic OH excluding ortho intramolecular Hbond substituents is 1. The molecule has 25 nitrogen and oxygen atoms in total. The topological polar surface area (TPSA) is 386 Å². The van der Waals surface area contributed by atoms with Gasteiger partial charge in [0.25, 0.3) is 0 Å². The zero-order valence-corrected chi connectivity index (χ0v) is 54.8. The van der Waals surface area contributed by atoms with Crippen LogP contribution in [0.3, 0.4) is 0 Å². The van der Waals surface area contributed by atoms with Crippen LogP contribution in [0, 0.1) is 17.6 Å². The average molecular weight is 1370 g/mol. The highest BCUT2D eigenvalue weighted by Gasteiger charge is 2.48. The molecule has 2 aromatic heterocycles. The highest BCUT2D eigenvalue weighted by molar-refractivity contribution is 7.98. The van der Waals surface area contributed by atoms with Crippen LogP contribution in [0.5, 0.6) is 5.75 Å². The smallest absolute Gasteiger partial charge is 0.305 e. The number of aromatic nitrogens is 3. The molecule has 29 heteroatoms. The van der Waals surface area contributed by atoms with E-state index in [1.165, 1.54) is 115 Å². The summed E-state index contributed by atoms with van der Waals surface area (Å²) in [6.45, 7) is 2.34. The van der Waals surface area contributed by atoms with Gasteiger partial charge in [0.1, 0.15) is 53.6 Å². The molecular formula is C68H76F2N12O13S2. The summed E-state index contributed by atoms with van der Waals surface area (Å²) in [7, 11) is 0. The van der Waals surface area contributed by atoms with Gasteiger partial charge in [0.05, 0.1) is 30.7 Å². The molecule has 0 spiro atoms. The SMILES string of the molecule is C[C@H]1NC(=O)CCSCc2cccc(c2)CSC[C@@H](C(N)=O)CC(=O)[C@]2(C)CCCN2C(=O)[C@H](Cc2ccc(O)cc2)NC(=O)[C@H](Cc2cnc[nH]2)NC(=O)[C@H](CC(=O)O)NC(=O)[C@H](CC2=CCc3ccc(F)cc32)NC(=O)[C@H](Cc2c[nH]c3ccc(F)cc23)NC(=O)CNC1=O. The zero-order valence-electron chi connectivity index (χ0n) is 53.2. The summed E-state index contributed by atoms with van der Waals surface area (Å²) < 4.78 is 29.7. The average Bonchev–Trinajstić information content (AvgIpc) is 1.70. The number of amides is 9. The fourth-order valence-electron chi connectivity index (χ4n) is 12.0. The number of primary amides is 1. The minimum atomic E-state index is -2.02. The zero-order chi connectivity index (χ0) is 69.5. The molecule has 3 aliphatic rings. The summed E-state index contributed by atoms with van der Waals surface area (Å²) in [5.41, 5.74) is 9.22. The number of nitrogens with one attached hydrogen (secondary N) is 9. The maximum Gasteiger partial charge on any atom is 0.305 e. The first kappa shape index (κ1) is 71.4. The fraction of sp³-hybridized carbons (Fsp3) is 0.382. The molecule has 2 aliphatic heterocycles. The number of halogens is 2. The number of carboxylic acid groups (broad SMARTS) is 1. The number of aromatic amines is 2. The number of carbonyl (C=O) groups is 11. The second-order valence-corrected chi connectivity index (χ2v) is 26.6. The number of ketones is 1. The molecule has 6 aromatic rings. The van der Waals surface area contributed by atoms with Gasteiger partial charge in [0.15, 0.2) is 5.78 Å². The van der Waals surface area contributed by atoms with Crippen molar-refractivity contribution >= 4 is 105 Å². The van der Waals surface area contributed by atoms with Crippen LogP contribution in [0.25, 0.3) is 16.5 Å². The minimum Gasteiger partial charge on any atom is -0.508 e. The van der Waals surface area contributed by atoms with E-state index in [1.807, 2.05) is 24.3 Å². The van der Waals surface area contributed by atoms with Crippen LogP contribution in [0.1, 0.15) is 91.4 Å². The predicted molar refractivity (Wildman–Crippen MR) is 356 cm³/mol. The quantitative estimate of drug-likeness (QED) is 0.0884. The van der Waals surface area contributed by atoms with Crippen molar-refractivity contribution in [2.75, 3.05) is 24.6 Å². The number of aliphatic carboxylic acids is 1. The lowest BCUT2D eigenvalue weighted by molar-refractivity contribution is -0.146. The Morgan fingerprint density at radius 3 is 2.08 bits per heavy atom.